The van der Waals surface area contributed by atoms with Crippen LogP contribution in [0.15, 0.2) is 12.1 Å². The van der Waals surface area contributed by atoms with E-state index in [9.17, 15) is 14.7 Å². The number of carboxylic acid groups (broad SMARTS) is 1. The molecule has 3 rings (SSSR count). The second-order valence-electron chi connectivity index (χ2n) is 4.60. The summed E-state index contributed by atoms with van der Waals surface area (Å²) in [6.07, 6.45) is 1.55. The van der Waals surface area contributed by atoms with Crippen molar-refractivity contribution in [3.8, 4) is 0 Å². The molecular formula is C12H10ClNO3. The maximum atomic E-state index is 11.3. The molecule has 1 aromatic carbocycles. The van der Waals surface area contributed by atoms with E-state index < -0.39 is 11.4 Å². The van der Waals surface area contributed by atoms with E-state index in [0.717, 1.165) is 5.56 Å². The lowest BCUT2D eigenvalue weighted by Crippen LogP contribution is -2.19. The maximum absolute atomic E-state index is 11.3. The predicted molar refractivity (Wildman–Crippen MR) is 62.3 cm³/mol. The summed E-state index contributed by atoms with van der Waals surface area (Å²) in [4.78, 5) is 22.5. The number of benzene rings is 1. The molecule has 1 fully saturated rings. The highest BCUT2D eigenvalue weighted by molar-refractivity contribution is 6.34. The van der Waals surface area contributed by atoms with Crippen molar-refractivity contribution in [2.45, 2.75) is 24.7 Å². The fraction of sp³-hybridized carbons (Fsp3) is 0.333. The van der Waals surface area contributed by atoms with Gasteiger partial charge in [-0.3, -0.25) is 9.59 Å². The van der Waals surface area contributed by atoms with E-state index in [1.54, 1.807) is 12.1 Å². The molecule has 0 spiro atoms. The van der Waals surface area contributed by atoms with Crippen LogP contribution in [0.25, 0.3) is 0 Å². The lowest BCUT2D eigenvalue weighted by Gasteiger charge is -2.12. The Labute approximate surface area is 103 Å². The van der Waals surface area contributed by atoms with Crippen LogP contribution >= 0.6 is 11.6 Å². The SMILES string of the molecule is O=C1Cc2cc(C3(C(=O)O)CC3)cc(Cl)c2N1. The molecule has 1 heterocycles. The van der Waals surface area contributed by atoms with Crippen molar-refractivity contribution in [3.05, 3.63) is 28.3 Å². The molecule has 0 atom stereocenters. The van der Waals surface area contributed by atoms with Gasteiger partial charge in [0, 0.05) is 0 Å². The number of amides is 1. The van der Waals surface area contributed by atoms with Gasteiger partial charge in [-0.1, -0.05) is 17.7 Å². The molecule has 1 saturated carbocycles. The molecule has 2 N–H and O–H groups in total. The van der Waals surface area contributed by atoms with Gasteiger partial charge in [0.1, 0.15) is 0 Å². The Kier molecular flexibility index (Phi) is 2.01. The van der Waals surface area contributed by atoms with Crippen LogP contribution in [-0.2, 0) is 21.4 Å². The third-order valence-corrected chi connectivity index (χ3v) is 3.80. The minimum atomic E-state index is -0.814. The van der Waals surface area contributed by atoms with E-state index in [0.29, 0.717) is 29.1 Å². The number of carbonyl (C=O) groups is 2. The Morgan fingerprint density at radius 2 is 2.12 bits per heavy atom. The molecular weight excluding hydrogens is 242 g/mol. The first-order valence-electron chi connectivity index (χ1n) is 5.39. The number of nitrogens with one attached hydrogen (secondary N) is 1. The van der Waals surface area contributed by atoms with Crippen molar-refractivity contribution in [1.82, 2.24) is 0 Å². The Morgan fingerprint density at radius 1 is 1.41 bits per heavy atom. The molecule has 1 aromatic rings. The zero-order chi connectivity index (χ0) is 12.2. The molecule has 1 aliphatic heterocycles. The maximum Gasteiger partial charge on any atom is 0.314 e. The van der Waals surface area contributed by atoms with Crippen molar-refractivity contribution >= 4 is 29.2 Å². The van der Waals surface area contributed by atoms with E-state index in [4.69, 9.17) is 11.6 Å². The highest BCUT2D eigenvalue weighted by Gasteiger charge is 2.52. The summed E-state index contributed by atoms with van der Waals surface area (Å²) in [5.74, 6) is -0.912. The molecule has 4 nitrogen and oxygen atoms in total. The molecule has 0 radical (unpaired) electrons. The summed E-state index contributed by atoms with van der Waals surface area (Å²) in [6.45, 7) is 0. The second kappa shape index (κ2) is 3.23. The third kappa shape index (κ3) is 1.44. The van der Waals surface area contributed by atoms with Gasteiger partial charge in [0.15, 0.2) is 0 Å². The summed E-state index contributed by atoms with van der Waals surface area (Å²) >= 11 is 6.07. The van der Waals surface area contributed by atoms with Gasteiger partial charge in [-0.25, -0.2) is 0 Å². The van der Waals surface area contributed by atoms with Crippen molar-refractivity contribution in [3.63, 3.8) is 0 Å². The first kappa shape index (κ1) is 10.6. The quantitative estimate of drug-likeness (QED) is 0.844. The fourth-order valence-electron chi connectivity index (χ4n) is 2.33. The zero-order valence-electron chi connectivity index (χ0n) is 8.92. The van der Waals surface area contributed by atoms with E-state index in [1.807, 2.05) is 0 Å². The summed E-state index contributed by atoms with van der Waals surface area (Å²) in [5, 5.41) is 12.3. The van der Waals surface area contributed by atoms with Crippen LogP contribution in [0.3, 0.4) is 0 Å². The molecule has 17 heavy (non-hydrogen) atoms. The molecule has 1 aliphatic carbocycles. The van der Waals surface area contributed by atoms with Gasteiger partial charge in [0.2, 0.25) is 5.91 Å². The number of aliphatic carboxylic acids is 1. The van der Waals surface area contributed by atoms with Gasteiger partial charge >= 0.3 is 5.97 Å². The lowest BCUT2D eigenvalue weighted by molar-refractivity contribution is -0.140. The number of carboxylic acids is 1. The Hall–Kier alpha value is -1.55. The number of hydrogen-bond donors (Lipinski definition) is 2. The fourth-order valence-corrected chi connectivity index (χ4v) is 2.61. The van der Waals surface area contributed by atoms with Crippen molar-refractivity contribution in [1.29, 1.82) is 0 Å². The summed E-state index contributed by atoms with van der Waals surface area (Å²) < 4.78 is 0. The predicted octanol–water partition coefficient (Wildman–Crippen LogP) is 1.95. The normalized spacial score (nSPS) is 19.7. The lowest BCUT2D eigenvalue weighted by atomic mass is 9.94. The Balaban J connectivity index is 2.10. The van der Waals surface area contributed by atoms with E-state index in [1.165, 1.54) is 0 Å². The van der Waals surface area contributed by atoms with Gasteiger partial charge < -0.3 is 10.4 Å². The molecule has 0 unspecified atom stereocenters. The average molecular weight is 252 g/mol. The third-order valence-electron chi connectivity index (χ3n) is 3.50. The molecule has 0 bridgehead atoms. The van der Waals surface area contributed by atoms with E-state index >= 15 is 0 Å². The van der Waals surface area contributed by atoms with E-state index in [2.05, 4.69) is 5.32 Å². The van der Waals surface area contributed by atoms with Crippen molar-refractivity contribution in [2.75, 3.05) is 5.32 Å². The first-order valence-corrected chi connectivity index (χ1v) is 5.77. The molecule has 0 saturated heterocycles. The van der Waals surface area contributed by atoms with Crippen LogP contribution in [0.4, 0.5) is 5.69 Å². The van der Waals surface area contributed by atoms with Crippen LogP contribution in [0.1, 0.15) is 24.0 Å². The smallest absolute Gasteiger partial charge is 0.314 e. The Bertz CT molecular complexity index is 549. The second-order valence-corrected chi connectivity index (χ2v) is 5.01. The summed E-state index contributed by atoms with van der Waals surface area (Å²) in [7, 11) is 0. The molecule has 5 heteroatoms. The number of fused-ring (bicyclic) bond motifs is 1. The van der Waals surface area contributed by atoms with Gasteiger partial charge in [-0.2, -0.15) is 0 Å². The van der Waals surface area contributed by atoms with Crippen molar-refractivity contribution < 1.29 is 14.7 Å². The average Bonchev–Trinajstić information content (AvgIpc) is 2.97. The number of anilines is 1. The van der Waals surface area contributed by atoms with Crippen molar-refractivity contribution in [2.24, 2.45) is 0 Å². The van der Waals surface area contributed by atoms with E-state index in [-0.39, 0.29) is 12.3 Å². The topological polar surface area (TPSA) is 66.4 Å². The molecule has 0 aromatic heterocycles. The first-order chi connectivity index (χ1) is 8.03. The minimum Gasteiger partial charge on any atom is -0.481 e. The number of halogens is 1. The van der Waals surface area contributed by atoms with Gasteiger partial charge in [0.05, 0.1) is 22.5 Å². The van der Waals surface area contributed by atoms with Crippen LogP contribution in [0, 0.1) is 0 Å². The highest BCUT2D eigenvalue weighted by atomic mass is 35.5. The molecule has 2 aliphatic rings. The van der Waals surface area contributed by atoms with Crippen LogP contribution in [0.2, 0.25) is 5.02 Å². The van der Waals surface area contributed by atoms with Crippen LogP contribution < -0.4 is 5.32 Å². The highest BCUT2D eigenvalue weighted by Crippen LogP contribution is 2.50. The summed E-state index contributed by atoms with van der Waals surface area (Å²) in [5.41, 5.74) is 1.36. The van der Waals surface area contributed by atoms with Crippen LogP contribution in [0.5, 0.6) is 0 Å². The monoisotopic (exact) mass is 251 g/mol. The zero-order valence-corrected chi connectivity index (χ0v) is 9.67. The van der Waals surface area contributed by atoms with Gasteiger partial charge in [0.25, 0.3) is 0 Å². The van der Waals surface area contributed by atoms with Gasteiger partial charge in [-0.05, 0) is 30.0 Å². The number of hydrogen-bond acceptors (Lipinski definition) is 2. The van der Waals surface area contributed by atoms with Gasteiger partial charge in [-0.15, -0.1) is 0 Å². The molecule has 1 amide bonds. The number of rotatable bonds is 2. The minimum absolute atomic E-state index is 0.0979. The summed E-state index contributed by atoms with van der Waals surface area (Å²) in [6, 6.07) is 3.45. The number of carbonyl (C=O) groups excluding carboxylic acids is 1. The standard InChI is InChI=1S/C12H10ClNO3/c13-8-5-7(12(1-2-12)11(16)17)3-6-4-9(15)14-10(6)8/h3,5H,1-2,4H2,(H,14,15)(H,16,17). The Morgan fingerprint density at radius 3 is 2.71 bits per heavy atom. The molecule has 88 valence electrons. The largest absolute Gasteiger partial charge is 0.481 e. The van der Waals surface area contributed by atoms with Crippen LogP contribution in [-0.4, -0.2) is 17.0 Å².